The van der Waals surface area contributed by atoms with Gasteiger partial charge in [-0.05, 0) is 20.3 Å². The molecule has 2 rings (SSSR count). The maximum absolute atomic E-state index is 12.4. The molecule has 0 aromatic heterocycles. The van der Waals surface area contributed by atoms with Crippen LogP contribution < -0.4 is 5.32 Å². The maximum Gasteiger partial charge on any atom is 0.326 e. The molecule has 7 nitrogen and oxygen atoms in total. The number of rotatable bonds is 3. The molecule has 7 heteroatoms. The molecule has 4 unspecified atom stereocenters. The van der Waals surface area contributed by atoms with Gasteiger partial charge in [0, 0.05) is 26.7 Å². The molecule has 2 amide bonds. The van der Waals surface area contributed by atoms with Gasteiger partial charge in [0.05, 0.1) is 17.7 Å². The molecule has 2 saturated heterocycles. The highest BCUT2D eigenvalue weighted by Crippen LogP contribution is 2.27. The summed E-state index contributed by atoms with van der Waals surface area (Å²) in [6.45, 7) is 4.72. The van der Waals surface area contributed by atoms with Gasteiger partial charge in [-0.15, -0.1) is 0 Å². The largest absolute Gasteiger partial charge is 0.480 e. The number of amides is 2. The molecule has 2 heterocycles. The van der Waals surface area contributed by atoms with Crippen LogP contribution in [0.1, 0.15) is 26.7 Å². The average Bonchev–Trinajstić information content (AvgIpc) is 2.94. The van der Waals surface area contributed by atoms with E-state index in [9.17, 15) is 14.7 Å². The van der Waals surface area contributed by atoms with Crippen molar-refractivity contribution in [3.63, 3.8) is 0 Å². The van der Waals surface area contributed by atoms with Crippen LogP contribution in [0.15, 0.2) is 0 Å². The zero-order chi connectivity index (χ0) is 14.9. The molecule has 114 valence electrons. The van der Waals surface area contributed by atoms with Crippen LogP contribution in [0.2, 0.25) is 0 Å². The number of carbonyl (C=O) groups is 2. The third kappa shape index (κ3) is 2.73. The van der Waals surface area contributed by atoms with E-state index in [2.05, 4.69) is 5.32 Å². The summed E-state index contributed by atoms with van der Waals surface area (Å²) in [6.07, 6.45) is 0.726. The Kier molecular flexibility index (Phi) is 4.19. The van der Waals surface area contributed by atoms with Crippen LogP contribution >= 0.6 is 0 Å². The van der Waals surface area contributed by atoms with Crippen LogP contribution in [0.5, 0.6) is 0 Å². The van der Waals surface area contributed by atoms with Crippen molar-refractivity contribution in [1.82, 2.24) is 10.2 Å². The van der Waals surface area contributed by atoms with Gasteiger partial charge < -0.3 is 24.8 Å². The molecule has 0 saturated carbocycles. The topological polar surface area (TPSA) is 88.1 Å². The Hall–Kier alpha value is -1.34. The van der Waals surface area contributed by atoms with Gasteiger partial charge in [0.2, 0.25) is 0 Å². The summed E-state index contributed by atoms with van der Waals surface area (Å²) in [5.74, 6) is -0.999. The fourth-order valence-corrected chi connectivity index (χ4v) is 2.74. The van der Waals surface area contributed by atoms with Gasteiger partial charge in [0.25, 0.3) is 0 Å². The number of nitrogens with zero attached hydrogens (tertiary/aromatic N) is 1. The highest BCUT2D eigenvalue weighted by molar-refractivity contribution is 5.84. The van der Waals surface area contributed by atoms with Gasteiger partial charge in [-0.1, -0.05) is 0 Å². The SMILES string of the molecule is COC1CC(C(=O)O)N(C(=O)NC2(C)CCOC2C)C1. The lowest BCUT2D eigenvalue weighted by Gasteiger charge is -2.32. The Morgan fingerprint density at radius 2 is 2.20 bits per heavy atom. The normalized spacial score (nSPS) is 37.1. The number of aliphatic carboxylic acids is 1. The smallest absolute Gasteiger partial charge is 0.326 e. The first-order valence-corrected chi connectivity index (χ1v) is 6.83. The summed E-state index contributed by atoms with van der Waals surface area (Å²) in [5, 5.41) is 12.1. The van der Waals surface area contributed by atoms with Gasteiger partial charge in [-0.3, -0.25) is 0 Å². The van der Waals surface area contributed by atoms with Crippen LogP contribution in [0, 0.1) is 0 Å². The van der Waals surface area contributed by atoms with Gasteiger partial charge >= 0.3 is 12.0 Å². The summed E-state index contributed by atoms with van der Waals surface area (Å²) in [5.41, 5.74) is -0.453. The molecule has 2 fully saturated rings. The van der Waals surface area contributed by atoms with E-state index >= 15 is 0 Å². The van der Waals surface area contributed by atoms with E-state index in [1.54, 1.807) is 0 Å². The minimum absolute atomic E-state index is 0.0875. The Bertz CT molecular complexity index is 402. The number of nitrogens with one attached hydrogen (secondary N) is 1. The number of hydrogen-bond donors (Lipinski definition) is 2. The number of methoxy groups -OCH3 is 1. The molecule has 2 aliphatic rings. The minimum atomic E-state index is -0.999. The van der Waals surface area contributed by atoms with Crippen molar-refractivity contribution >= 4 is 12.0 Å². The molecule has 0 aliphatic carbocycles. The fraction of sp³-hybridized carbons (Fsp3) is 0.846. The summed E-state index contributed by atoms with van der Waals surface area (Å²) >= 11 is 0. The van der Waals surface area contributed by atoms with Crippen molar-refractivity contribution in [2.24, 2.45) is 0 Å². The number of carbonyl (C=O) groups excluding carboxylic acids is 1. The molecule has 20 heavy (non-hydrogen) atoms. The average molecular weight is 286 g/mol. The molecule has 0 radical (unpaired) electrons. The van der Waals surface area contributed by atoms with E-state index in [4.69, 9.17) is 9.47 Å². The van der Waals surface area contributed by atoms with E-state index in [0.717, 1.165) is 6.42 Å². The van der Waals surface area contributed by atoms with Crippen LogP contribution in [-0.2, 0) is 14.3 Å². The van der Waals surface area contributed by atoms with E-state index in [1.807, 2.05) is 13.8 Å². The second kappa shape index (κ2) is 5.57. The lowest BCUT2D eigenvalue weighted by Crippen LogP contribution is -2.56. The third-order valence-electron chi connectivity index (χ3n) is 4.42. The first-order chi connectivity index (χ1) is 9.37. The standard InChI is InChI=1S/C13H22N2O5/c1-8-13(2,4-5-20-8)14-12(18)15-7-9(19-3)6-10(15)11(16)17/h8-10H,4-7H2,1-3H3,(H,14,18)(H,16,17). The quantitative estimate of drug-likeness (QED) is 0.786. The third-order valence-corrected chi connectivity index (χ3v) is 4.42. The second-order valence-corrected chi connectivity index (χ2v) is 5.71. The van der Waals surface area contributed by atoms with Gasteiger partial charge in [0.15, 0.2) is 0 Å². The van der Waals surface area contributed by atoms with Crippen molar-refractivity contribution in [1.29, 1.82) is 0 Å². The van der Waals surface area contributed by atoms with Gasteiger partial charge in [-0.25, -0.2) is 9.59 Å². The van der Waals surface area contributed by atoms with Crippen molar-refractivity contribution in [2.45, 2.75) is 50.5 Å². The Morgan fingerprint density at radius 3 is 2.70 bits per heavy atom. The molecular formula is C13H22N2O5. The number of carboxylic acids is 1. The van der Waals surface area contributed by atoms with Crippen LogP contribution in [0.25, 0.3) is 0 Å². The lowest BCUT2D eigenvalue weighted by molar-refractivity contribution is -0.141. The van der Waals surface area contributed by atoms with Crippen LogP contribution in [0.3, 0.4) is 0 Å². The molecule has 0 aromatic carbocycles. The maximum atomic E-state index is 12.4. The number of likely N-dealkylation sites (tertiary alicyclic amines) is 1. The molecule has 0 bridgehead atoms. The minimum Gasteiger partial charge on any atom is -0.480 e. The van der Waals surface area contributed by atoms with Crippen molar-refractivity contribution in [3.05, 3.63) is 0 Å². The Labute approximate surface area is 118 Å². The summed E-state index contributed by atoms with van der Waals surface area (Å²) < 4.78 is 10.7. The van der Waals surface area contributed by atoms with E-state index in [-0.39, 0.29) is 18.2 Å². The Balaban J connectivity index is 2.05. The molecule has 0 spiro atoms. The predicted molar refractivity (Wildman–Crippen MR) is 70.5 cm³/mol. The lowest BCUT2D eigenvalue weighted by atomic mass is 9.95. The van der Waals surface area contributed by atoms with Crippen LogP contribution in [0.4, 0.5) is 4.79 Å². The van der Waals surface area contributed by atoms with Crippen LogP contribution in [-0.4, -0.2) is 66.1 Å². The first kappa shape index (κ1) is 15.1. The first-order valence-electron chi connectivity index (χ1n) is 6.83. The van der Waals surface area contributed by atoms with Crippen molar-refractivity contribution in [2.75, 3.05) is 20.3 Å². The fourth-order valence-electron chi connectivity index (χ4n) is 2.74. The number of urea groups is 1. The Morgan fingerprint density at radius 1 is 1.50 bits per heavy atom. The molecule has 2 aliphatic heterocycles. The molecule has 0 aromatic rings. The van der Waals surface area contributed by atoms with Crippen molar-refractivity contribution in [3.8, 4) is 0 Å². The summed E-state index contributed by atoms with van der Waals surface area (Å²) in [6, 6.07) is -1.20. The van der Waals surface area contributed by atoms with Gasteiger partial charge in [-0.2, -0.15) is 0 Å². The van der Waals surface area contributed by atoms with E-state index in [0.29, 0.717) is 19.6 Å². The van der Waals surface area contributed by atoms with Gasteiger partial charge in [0.1, 0.15) is 6.04 Å². The zero-order valence-electron chi connectivity index (χ0n) is 12.1. The number of carboxylic acid groups (broad SMARTS) is 1. The van der Waals surface area contributed by atoms with E-state index in [1.165, 1.54) is 12.0 Å². The number of ether oxygens (including phenoxy) is 2. The predicted octanol–water partition coefficient (Wildman–Crippen LogP) is 0.437. The second-order valence-electron chi connectivity index (χ2n) is 5.71. The molecule has 2 N–H and O–H groups in total. The molecule has 4 atom stereocenters. The van der Waals surface area contributed by atoms with E-state index < -0.39 is 17.6 Å². The highest BCUT2D eigenvalue weighted by atomic mass is 16.5. The van der Waals surface area contributed by atoms with Crippen molar-refractivity contribution < 1.29 is 24.2 Å². The highest BCUT2D eigenvalue weighted by Gasteiger charge is 2.44. The monoisotopic (exact) mass is 286 g/mol. The zero-order valence-corrected chi connectivity index (χ0v) is 12.1. The number of hydrogen-bond acceptors (Lipinski definition) is 4. The summed E-state index contributed by atoms with van der Waals surface area (Å²) in [7, 11) is 1.53. The molecular weight excluding hydrogens is 264 g/mol. The summed E-state index contributed by atoms with van der Waals surface area (Å²) in [4.78, 5) is 25.0.